The van der Waals surface area contributed by atoms with Gasteiger partial charge in [0.25, 0.3) is 0 Å². The van der Waals surface area contributed by atoms with E-state index < -0.39 is 0 Å². The first-order valence-electron chi connectivity index (χ1n) is 9.58. The lowest BCUT2D eigenvalue weighted by Gasteiger charge is -2.16. The Hall–Kier alpha value is -2.92. The number of ether oxygens (including phenoxy) is 4. The lowest BCUT2D eigenvalue weighted by Crippen LogP contribution is -2.02. The predicted octanol–water partition coefficient (Wildman–Crippen LogP) is 6.35. The van der Waals surface area contributed by atoms with Crippen LogP contribution in [-0.4, -0.2) is 14.2 Å². The zero-order chi connectivity index (χ0) is 21.3. The average Bonchev–Trinajstić information content (AvgIpc) is 2.77. The first-order valence-corrected chi connectivity index (χ1v) is 10.4. The molecule has 0 aliphatic rings. The summed E-state index contributed by atoms with van der Waals surface area (Å²) >= 11 is 3.51. The van der Waals surface area contributed by atoms with Gasteiger partial charge in [-0.25, -0.2) is 0 Å². The van der Waals surface area contributed by atoms with E-state index in [1.807, 2.05) is 66.7 Å². The van der Waals surface area contributed by atoms with Gasteiger partial charge >= 0.3 is 0 Å². The summed E-state index contributed by atoms with van der Waals surface area (Å²) in [7, 11) is 3.27. The zero-order valence-electron chi connectivity index (χ0n) is 17.2. The highest BCUT2D eigenvalue weighted by Crippen LogP contribution is 2.36. The number of methoxy groups -OCH3 is 2. The number of halogens is 1. The molecule has 30 heavy (non-hydrogen) atoms. The van der Waals surface area contributed by atoms with E-state index in [-0.39, 0.29) is 0 Å². The van der Waals surface area contributed by atoms with E-state index >= 15 is 0 Å². The first-order chi connectivity index (χ1) is 14.6. The first kappa shape index (κ1) is 21.8. The van der Waals surface area contributed by atoms with E-state index in [9.17, 15) is 0 Å². The van der Waals surface area contributed by atoms with Crippen LogP contribution >= 0.6 is 15.9 Å². The number of rotatable bonds is 10. The number of hydrogen-bond donors (Lipinski definition) is 0. The Morgan fingerprint density at radius 1 is 0.800 bits per heavy atom. The van der Waals surface area contributed by atoms with E-state index in [4.69, 9.17) is 18.9 Å². The molecule has 0 radical (unpaired) electrons. The van der Waals surface area contributed by atoms with Gasteiger partial charge in [-0.3, -0.25) is 0 Å². The van der Waals surface area contributed by atoms with E-state index in [1.54, 1.807) is 14.2 Å². The molecule has 0 amide bonds. The molecule has 0 N–H and O–H groups in total. The fraction of sp³-hybridized carbons (Fsp3) is 0.200. The van der Waals surface area contributed by atoms with Crippen molar-refractivity contribution in [1.29, 1.82) is 0 Å². The monoisotopic (exact) mass is 468 g/mol. The van der Waals surface area contributed by atoms with Crippen molar-refractivity contribution in [3.63, 3.8) is 0 Å². The van der Waals surface area contributed by atoms with Crippen LogP contribution in [0.4, 0.5) is 0 Å². The molecule has 0 aliphatic carbocycles. The van der Waals surface area contributed by atoms with Gasteiger partial charge in [0.1, 0.15) is 13.2 Å². The summed E-state index contributed by atoms with van der Waals surface area (Å²) in [5, 5.41) is 0. The molecule has 3 aromatic rings. The van der Waals surface area contributed by atoms with Gasteiger partial charge in [0.2, 0.25) is 0 Å². The van der Waals surface area contributed by atoms with Gasteiger partial charge in [0.15, 0.2) is 23.0 Å². The summed E-state index contributed by atoms with van der Waals surface area (Å²) in [4.78, 5) is 0. The third-order valence-electron chi connectivity index (χ3n) is 4.53. The third-order valence-corrected chi connectivity index (χ3v) is 4.99. The van der Waals surface area contributed by atoms with Gasteiger partial charge < -0.3 is 18.9 Å². The average molecular weight is 469 g/mol. The summed E-state index contributed by atoms with van der Waals surface area (Å²) in [6.45, 7) is 4.68. The summed E-state index contributed by atoms with van der Waals surface area (Å²) in [6.07, 6.45) is 2.52. The largest absolute Gasteiger partial charge is 0.493 e. The van der Waals surface area contributed by atoms with Gasteiger partial charge in [-0.05, 0) is 41.8 Å². The van der Waals surface area contributed by atoms with Crippen LogP contribution in [0.2, 0.25) is 0 Å². The van der Waals surface area contributed by atoms with Gasteiger partial charge in [0, 0.05) is 10.0 Å². The van der Waals surface area contributed by atoms with Gasteiger partial charge in [-0.1, -0.05) is 58.4 Å². The van der Waals surface area contributed by atoms with Crippen LogP contribution in [-0.2, 0) is 19.6 Å². The number of hydrogen-bond acceptors (Lipinski definition) is 4. The Morgan fingerprint density at radius 3 is 2.23 bits per heavy atom. The molecule has 4 nitrogen and oxygen atoms in total. The van der Waals surface area contributed by atoms with Gasteiger partial charge in [0.05, 0.1) is 14.2 Å². The smallest absolute Gasteiger partial charge is 0.165 e. The topological polar surface area (TPSA) is 36.9 Å². The second-order valence-electron chi connectivity index (χ2n) is 6.64. The number of allylic oxidation sites excluding steroid dienone is 1. The molecule has 0 heterocycles. The molecular weight excluding hydrogens is 444 g/mol. The van der Waals surface area contributed by atoms with Crippen LogP contribution in [0, 0.1) is 0 Å². The van der Waals surface area contributed by atoms with Crippen LogP contribution in [0.3, 0.4) is 0 Å². The summed E-state index contributed by atoms with van der Waals surface area (Å²) < 4.78 is 24.0. The minimum absolute atomic E-state index is 0.372. The molecule has 0 aromatic heterocycles. The predicted molar refractivity (Wildman–Crippen MR) is 123 cm³/mol. The molecule has 0 saturated heterocycles. The van der Waals surface area contributed by atoms with Gasteiger partial charge in [-0.2, -0.15) is 0 Å². The van der Waals surface area contributed by atoms with Crippen molar-refractivity contribution in [1.82, 2.24) is 0 Å². The van der Waals surface area contributed by atoms with E-state index in [0.29, 0.717) is 42.6 Å². The summed E-state index contributed by atoms with van der Waals surface area (Å²) in [5.41, 5.74) is 3.07. The standard InChI is InChI=1S/C25H25BrO4/c1-4-8-20-14-21(26)15-24(28-3)25(20)30-17-19-11-12-22(23(13-19)27-2)29-16-18-9-6-5-7-10-18/h4-7,9-15H,1,8,16-17H2,2-3H3. The molecule has 0 unspecified atom stereocenters. The molecule has 0 saturated carbocycles. The Morgan fingerprint density at radius 2 is 1.53 bits per heavy atom. The van der Waals surface area contributed by atoms with Crippen LogP contribution < -0.4 is 18.9 Å². The molecule has 3 rings (SSSR count). The highest BCUT2D eigenvalue weighted by atomic mass is 79.9. The molecule has 0 fully saturated rings. The van der Waals surface area contributed by atoms with E-state index in [2.05, 4.69) is 22.5 Å². The molecule has 5 heteroatoms. The molecule has 3 aromatic carbocycles. The van der Waals surface area contributed by atoms with Crippen LogP contribution in [0.1, 0.15) is 16.7 Å². The number of benzene rings is 3. The zero-order valence-corrected chi connectivity index (χ0v) is 18.8. The van der Waals surface area contributed by atoms with Crippen molar-refractivity contribution >= 4 is 15.9 Å². The lowest BCUT2D eigenvalue weighted by molar-refractivity contribution is 0.275. The van der Waals surface area contributed by atoms with Crippen molar-refractivity contribution in [3.8, 4) is 23.0 Å². The summed E-state index contributed by atoms with van der Waals surface area (Å²) in [5.74, 6) is 2.75. The minimum atomic E-state index is 0.372. The SMILES string of the molecule is C=CCc1cc(Br)cc(OC)c1OCc1ccc(OCc2ccccc2)c(OC)c1. The lowest BCUT2D eigenvalue weighted by atomic mass is 10.1. The van der Waals surface area contributed by atoms with Crippen LogP contribution in [0.5, 0.6) is 23.0 Å². The van der Waals surface area contributed by atoms with Gasteiger partial charge in [-0.15, -0.1) is 6.58 Å². The Labute approximate surface area is 186 Å². The fourth-order valence-corrected chi connectivity index (χ4v) is 3.54. The van der Waals surface area contributed by atoms with Crippen molar-refractivity contribution in [2.45, 2.75) is 19.6 Å². The van der Waals surface area contributed by atoms with E-state index in [1.165, 1.54) is 0 Å². The van der Waals surface area contributed by atoms with Crippen molar-refractivity contribution in [2.24, 2.45) is 0 Å². The summed E-state index contributed by atoms with van der Waals surface area (Å²) in [6, 6.07) is 19.7. The molecule has 156 valence electrons. The molecule has 0 atom stereocenters. The normalized spacial score (nSPS) is 10.4. The molecule has 0 spiro atoms. The Bertz CT molecular complexity index is 986. The minimum Gasteiger partial charge on any atom is -0.493 e. The van der Waals surface area contributed by atoms with Crippen molar-refractivity contribution in [2.75, 3.05) is 14.2 Å². The third kappa shape index (κ3) is 5.57. The quantitative estimate of drug-likeness (QED) is 0.324. The maximum Gasteiger partial charge on any atom is 0.165 e. The molecule has 0 bridgehead atoms. The second-order valence-corrected chi connectivity index (χ2v) is 7.55. The molecule has 0 aliphatic heterocycles. The van der Waals surface area contributed by atoms with Crippen LogP contribution in [0.15, 0.2) is 77.8 Å². The maximum atomic E-state index is 6.13. The van der Waals surface area contributed by atoms with Crippen molar-refractivity contribution < 1.29 is 18.9 Å². The van der Waals surface area contributed by atoms with Crippen molar-refractivity contribution in [3.05, 3.63) is 94.5 Å². The Balaban J connectivity index is 1.74. The highest BCUT2D eigenvalue weighted by Gasteiger charge is 2.13. The van der Waals surface area contributed by atoms with Crippen LogP contribution in [0.25, 0.3) is 0 Å². The second kappa shape index (κ2) is 10.7. The highest BCUT2D eigenvalue weighted by molar-refractivity contribution is 9.10. The van der Waals surface area contributed by atoms with E-state index in [0.717, 1.165) is 21.2 Å². The Kier molecular flexibility index (Phi) is 7.80. The fourth-order valence-electron chi connectivity index (χ4n) is 3.06. The maximum absolute atomic E-state index is 6.13. The molecular formula is C25H25BrO4.